The third-order valence-corrected chi connectivity index (χ3v) is 6.31. The van der Waals surface area contributed by atoms with Gasteiger partial charge in [0.15, 0.2) is 0 Å². The smallest absolute Gasteiger partial charge is 0.313 e. The largest absolute Gasteiger partial charge is 0.416 e. The molecule has 2 aliphatic carbocycles. The van der Waals surface area contributed by atoms with Gasteiger partial charge in [0, 0.05) is 31.6 Å². The first kappa shape index (κ1) is 19.5. The molecule has 2 aliphatic rings. The summed E-state index contributed by atoms with van der Waals surface area (Å²) in [6.07, 6.45) is 0.349. The van der Waals surface area contributed by atoms with Gasteiger partial charge in [-0.15, -0.1) is 0 Å². The lowest BCUT2D eigenvalue weighted by molar-refractivity contribution is -0.138. The molecule has 2 saturated carbocycles. The van der Waals surface area contributed by atoms with E-state index in [4.69, 9.17) is 0 Å². The zero-order valence-corrected chi connectivity index (χ0v) is 15.9. The summed E-state index contributed by atoms with van der Waals surface area (Å²) in [6, 6.07) is 17.0. The molecule has 2 nitrogen and oxygen atoms in total. The van der Waals surface area contributed by atoms with Crippen molar-refractivity contribution in [2.24, 2.45) is 5.41 Å². The highest BCUT2D eigenvalue weighted by molar-refractivity contribution is 5.30. The number of hydrogen-bond acceptors (Lipinski definition) is 2. The van der Waals surface area contributed by atoms with Gasteiger partial charge in [-0.1, -0.05) is 55.0 Å². The monoisotopic (exact) mass is 388 g/mol. The van der Waals surface area contributed by atoms with E-state index in [1.54, 1.807) is 12.1 Å². The van der Waals surface area contributed by atoms with Gasteiger partial charge in [0.25, 0.3) is 0 Å². The van der Waals surface area contributed by atoms with Crippen molar-refractivity contribution in [3.63, 3.8) is 0 Å². The molecule has 0 radical (unpaired) electrons. The van der Waals surface area contributed by atoms with E-state index >= 15 is 0 Å². The summed E-state index contributed by atoms with van der Waals surface area (Å²) in [5.41, 5.74) is 1.36. The summed E-state index contributed by atoms with van der Waals surface area (Å²) in [4.78, 5) is 0. The van der Waals surface area contributed by atoms with Gasteiger partial charge in [-0.2, -0.15) is 13.2 Å². The van der Waals surface area contributed by atoms with E-state index in [-0.39, 0.29) is 12.0 Å². The van der Waals surface area contributed by atoms with Crippen LogP contribution in [0.2, 0.25) is 0 Å². The average molecular weight is 388 g/mol. The minimum Gasteiger partial charge on any atom is -0.313 e. The highest BCUT2D eigenvalue weighted by atomic mass is 19.4. The molecule has 2 aromatic carbocycles. The van der Waals surface area contributed by atoms with Crippen molar-refractivity contribution in [2.45, 2.75) is 50.4 Å². The fraction of sp³-hybridized carbons (Fsp3) is 0.478. The molecule has 0 aromatic heterocycles. The van der Waals surface area contributed by atoms with E-state index < -0.39 is 11.7 Å². The SMILES string of the molecule is FC(F)(F)c1ccccc1CNCC1(CN[C@H]2CC2c2ccccc2)CCC1. The summed E-state index contributed by atoms with van der Waals surface area (Å²) >= 11 is 0. The lowest BCUT2D eigenvalue weighted by atomic mass is 9.68. The van der Waals surface area contributed by atoms with E-state index in [1.807, 2.05) is 6.07 Å². The van der Waals surface area contributed by atoms with Crippen LogP contribution in [0, 0.1) is 5.41 Å². The minimum absolute atomic E-state index is 0.178. The molecule has 0 amide bonds. The second-order valence-corrected chi connectivity index (χ2v) is 8.35. The van der Waals surface area contributed by atoms with Gasteiger partial charge in [-0.3, -0.25) is 0 Å². The van der Waals surface area contributed by atoms with Gasteiger partial charge >= 0.3 is 6.18 Å². The maximum Gasteiger partial charge on any atom is 0.416 e. The molecule has 1 unspecified atom stereocenters. The van der Waals surface area contributed by atoms with Gasteiger partial charge < -0.3 is 10.6 Å². The Morgan fingerprint density at radius 3 is 2.32 bits per heavy atom. The molecule has 0 bridgehead atoms. The second-order valence-electron chi connectivity index (χ2n) is 8.35. The van der Waals surface area contributed by atoms with Crippen LogP contribution in [-0.2, 0) is 12.7 Å². The van der Waals surface area contributed by atoms with Crippen LogP contribution in [0.15, 0.2) is 54.6 Å². The van der Waals surface area contributed by atoms with Crippen LogP contribution in [0.3, 0.4) is 0 Å². The van der Waals surface area contributed by atoms with Crippen molar-refractivity contribution >= 4 is 0 Å². The van der Waals surface area contributed by atoms with Crippen LogP contribution in [0.5, 0.6) is 0 Å². The number of nitrogens with one attached hydrogen (secondary N) is 2. The fourth-order valence-electron chi connectivity index (χ4n) is 4.34. The Kier molecular flexibility index (Phi) is 5.48. The van der Waals surface area contributed by atoms with Crippen LogP contribution in [-0.4, -0.2) is 19.1 Å². The molecule has 2 aromatic rings. The number of alkyl halides is 3. The highest BCUT2D eigenvalue weighted by Crippen LogP contribution is 2.44. The molecular weight excluding hydrogens is 361 g/mol. The zero-order valence-electron chi connectivity index (χ0n) is 15.9. The number of hydrogen-bond donors (Lipinski definition) is 2. The Bertz CT molecular complexity index is 784. The van der Waals surface area contributed by atoms with Crippen LogP contribution >= 0.6 is 0 Å². The normalized spacial score (nSPS) is 23.2. The Morgan fingerprint density at radius 2 is 1.64 bits per heavy atom. The lowest BCUT2D eigenvalue weighted by Crippen LogP contribution is -2.47. The van der Waals surface area contributed by atoms with Crippen LogP contribution < -0.4 is 10.6 Å². The fourth-order valence-corrected chi connectivity index (χ4v) is 4.34. The Labute approximate surface area is 164 Å². The Hall–Kier alpha value is -1.85. The summed E-state index contributed by atoms with van der Waals surface area (Å²) in [5, 5.41) is 7.02. The first-order valence-electron chi connectivity index (χ1n) is 10.1. The van der Waals surface area contributed by atoms with E-state index in [2.05, 4.69) is 34.9 Å². The average Bonchev–Trinajstić information content (AvgIpc) is 3.43. The molecule has 2 atom stereocenters. The van der Waals surface area contributed by atoms with E-state index in [0.29, 0.717) is 17.5 Å². The third-order valence-electron chi connectivity index (χ3n) is 6.31. The molecule has 2 fully saturated rings. The van der Waals surface area contributed by atoms with Crippen LogP contribution in [0.25, 0.3) is 0 Å². The van der Waals surface area contributed by atoms with Gasteiger partial charge in [0.1, 0.15) is 0 Å². The van der Waals surface area contributed by atoms with E-state index in [0.717, 1.165) is 32.0 Å². The zero-order chi connectivity index (χ0) is 19.6. The Morgan fingerprint density at radius 1 is 0.929 bits per heavy atom. The standard InChI is InChI=1S/C23H27F3N2/c24-23(25,26)20-10-5-4-9-18(20)14-27-15-22(11-6-12-22)16-28-21-13-19(21)17-7-2-1-3-8-17/h1-5,7-10,19,21,27-28H,6,11-16H2/t19?,21-/m0/s1. The Balaban J connectivity index is 1.27. The van der Waals surface area contributed by atoms with E-state index in [1.165, 1.54) is 24.5 Å². The van der Waals surface area contributed by atoms with Crippen LogP contribution in [0.1, 0.15) is 48.3 Å². The van der Waals surface area contributed by atoms with Crippen molar-refractivity contribution in [1.82, 2.24) is 10.6 Å². The highest BCUT2D eigenvalue weighted by Gasteiger charge is 2.42. The summed E-state index contributed by atoms with van der Waals surface area (Å²) < 4.78 is 39.4. The van der Waals surface area contributed by atoms with E-state index in [9.17, 15) is 13.2 Å². The van der Waals surface area contributed by atoms with Crippen molar-refractivity contribution in [1.29, 1.82) is 0 Å². The number of benzene rings is 2. The minimum atomic E-state index is -4.30. The van der Waals surface area contributed by atoms with Gasteiger partial charge in [0.05, 0.1) is 5.56 Å². The van der Waals surface area contributed by atoms with Crippen molar-refractivity contribution < 1.29 is 13.2 Å². The molecule has 150 valence electrons. The topological polar surface area (TPSA) is 24.1 Å². The predicted molar refractivity (Wildman–Crippen MR) is 105 cm³/mol. The number of halogens is 3. The van der Waals surface area contributed by atoms with Gasteiger partial charge in [-0.05, 0) is 41.9 Å². The molecule has 5 heteroatoms. The third kappa shape index (κ3) is 4.41. The first-order valence-corrected chi connectivity index (χ1v) is 10.1. The quantitative estimate of drug-likeness (QED) is 0.657. The molecule has 4 rings (SSSR count). The maximum absolute atomic E-state index is 13.1. The maximum atomic E-state index is 13.1. The number of rotatable bonds is 8. The first-order chi connectivity index (χ1) is 13.5. The molecule has 0 saturated heterocycles. The van der Waals surface area contributed by atoms with Crippen molar-refractivity contribution in [2.75, 3.05) is 13.1 Å². The molecule has 0 heterocycles. The molecule has 0 spiro atoms. The van der Waals surface area contributed by atoms with Gasteiger partial charge in [-0.25, -0.2) is 0 Å². The predicted octanol–water partition coefficient (Wildman–Crippen LogP) is 5.11. The molecule has 2 N–H and O–H groups in total. The second kappa shape index (κ2) is 7.88. The molecule has 28 heavy (non-hydrogen) atoms. The summed E-state index contributed by atoms with van der Waals surface area (Å²) in [7, 11) is 0. The molecular formula is C23H27F3N2. The van der Waals surface area contributed by atoms with Gasteiger partial charge in [0.2, 0.25) is 0 Å². The van der Waals surface area contributed by atoms with Crippen molar-refractivity contribution in [3.05, 3.63) is 71.3 Å². The van der Waals surface area contributed by atoms with Crippen LogP contribution in [0.4, 0.5) is 13.2 Å². The summed E-state index contributed by atoms with van der Waals surface area (Å²) in [6.45, 7) is 1.96. The summed E-state index contributed by atoms with van der Waals surface area (Å²) in [5.74, 6) is 0.602. The van der Waals surface area contributed by atoms with Crippen molar-refractivity contribution in [3.8, 4) is 0 Å². The lowest BCUT2D eigenvalue weighted by Gasteiger charge is -2.42. The molecule has 0 aliphatic heterocycles.